The minimum absolute atomic E-state index is 0.102. The molecule has 8 rings (SSSR count). The van der Waals surface area contributed by atoms with E-state index in [-0.39, 0.29) is 22.9 Å². The molecular weight excluding hydrogens is 652 g/mol. The van der Waals surface area contributed by atoms with Crippen LogP contribution < -0.4 is 10.2 Å². The standard InChI is InChI=1S/C32H20Br2N2O5/c33-31-21-8-1-2-9-22(21)32(34,24-11-4-3-10-23(24)31)26-25(31)28(38)36(29(26)39)20-7-5-6-18(16-20)27(37)35-19-14-12-17(13-15-19)30(40)41/h1-16,25-26H,(H,35,37)(H,40,41)/t25-,26-,31?,32?/m0/s1. The van der Waals surface area contributed by atoms with Gasteiger partial charge >= 0.3 is 5.97 Å². The van der Waals surface area contributed by atoms with E-state index in [0.717, 1.165) is 22.3 Å². The van der Waals surface area contributed by atoms with Gasteiger partial charge in [0.1, 0.15) is 0 Å². The zero-order valence-corrected chi connectivity index (χ0v) is 24.3. The number of carbonyl (C=O) groups is 4. The lowest BCUT2D eigenvalue weighted by Gasteiger charge is -2.55. The molecule has 2 N–H and O–H groups in total. The fourth-order valence-corrected chi connectivity index (χ4v) is 8.91. The summed E-state index contributed by atoms with van der Waals surface area (Å²) in [7, 11) is 0. The summed E-state index contributed by atoms with van der Waals surface area (Å²) < 4.78 is -1.81. The first-order chi connectivity index (χ1) is 19.7. The molecule has 4 aliphatic rings. The van der Waals surface area contributed by atoms with Crippen LogP contribution in [0.15, 0.2) is 97.1 Å². The number of carbonyl (C=O) groups excluding carboxylic acids is 3. The van der Waals surface area contributed by atoms with Gasteiger partial charge in [-0.15, -0.1) is 0 Å². The number of nitrogens with one attached hydrogen (secondary N) is 1. The Bertz CT molecular complexity index is 1700. The summed E-state index contributed by atoms with van der Waals surface area (Å²) in [5, 5.41) is 11.8. The normalized spacial score (nSPS) is 25.4. The molecular formula is C32H20Br2N2O5. The number of carboxylic acid groups (broad SMARTS) is 1. The Kier molecular flexibility index (Phi) is 5.65. The SMILES string of the molecule is O=C(O)c1ccc(NC(=O)c2cccc(N3C(=O)[C@@H]4[C@@H](C3=O)C3(Br)c5ccccc5C4(Br)c4ccccc43)c2)cc1. The Morgan fingerprint density at radius 3 is 1.63 bits per heavy atom. The molecule has 7 nitrogen and oxygen atoms in total. The second-order valence-corrected chi connectivity index (χ2v) is 12.9. The molecule has 4 aromatic rings. The van der Waals surface area contributed by atoms with Gasteiger partial charge in [-0.25, -0.2) is 9.69 Å². The topological polar surface area (TPSA) is 104 Å². The number of carboxylic acids is 1. The molecule has 1 aliphatic heterocycles. The summed E-state index contributed by atoms with van der Waals surface area (Å²) in [5.41, 5.74) is 4.86. The van der Waals surface area contributed by atoms with Crippen LogP contribution in [-0.2, 0) is 18.2 Å². The maximum atomic E-state index is 14.3. The van der Waals surface area contributed by atoms with Crippen molar-refractivity contribution >= 4 is 66.9 Å². The van der Waals surface area contributed by atoms with Crippen LogP contribution in [0.25, 0.3) is 0 Å². The van der Waals surface area contributed by atoms with Crippen LogP contribution in [0.1, 0.15) is 43.0 Å². The van der Waals surface area contributed by atoms with Gasteiger partial charge in [-0.05, 0) is 64.7 Å². The molecule has 3 aliphatic carbocycles. The molecule has 1 heterocycles. The Hall–Kier alpha value is -4.08. The maximum Gasteiger partial charge on any atom is 0.335 e. The van der Waals surface area contributed by atoms with E-state index in [4.69, 9.17) is 5.11 Å². The molecule has 0 aromatic heterocycles. The summed E-state index contributed by atoms with van der Waals surface area (Å²) in [4.78, 5) is 54.0. The average Bonchev–Trinajstić information content (AvgIpc) is 3.27. The Morgan fingerprint density at radius 1 is 0.683 bits per heavy atom. The fraction of sp³-hybridized carbons (Fsp3) is 0.125. The highest BCUT2D eigenvalue weighted by Gasteiger charge is 2.72. The van der Waals surface area contributed by atoms with E-state index in [2.05, 4.69) is 37.2 Å². The molecule has 1 saturated heterocycles. The van der Waals surface area contributed by atoms with Crippen molar-refractivity contribution in [2.45, 2.75) is 8.65 Å². The van der Waals surface area contributed by atoms with Gasteiger partial charge in [0, 0.05) is 11.3 Å². The van der Waals surface area contributed by atoms with E-state index in [1.165, 1.54) is 35.2 Å². The highest BCUT2D eigenvalue weighted by Crippen LogP contribution is 2.70. The smallest absolute Gasteiger partial charge is 0.335 e. The van der Waals surface area contributed by atoms with Crippen molar-refractivity contribution in [3.63, 3.8) is 0 Å². The van der Waals surface area contributed by atoms with Crippen molar-refractivity contribution in [3.05, 3.63) is 130 Å². The van der Waals surface area contributed by atoms with Crippen LogP contribution in [0.2, 0.25) is 0 Å². The van der Waals surface area contributed by atoms with Crippen LogP contribution in [0.3, 0.4) is 0 Å². The number of hydrogen-bond acceptors (Lipinski definition) is 4. The molecule has 41 heavy (non-hydrogen) atoms. The zero-order chi connectivity index (χ0) is 28.7. The summed E-state index contributed by atoms with van der Waals surface area (Å²) >= 11 is 7.99. The van der Waals surface area contributed by atoms with Gasteiger partial charge in [0.25, 0.3) is 5.91 Å². The first-order valence-electron chi connectivity index (χ1n) is 12.9. The number of amides is 3. The van der Waals surface area contributed by atoms with E-state index in [1.54, 1.807) is 18.2 Å². The largest absolute Gasteiger partial charge is 0.478 e. The molecule has 202 valence electrons. The molecule has 0 unspecified atom stereocenters. The lowest BCUT2D eigenvalue weighted by Crippen LogP contribution is -2.56. The molecule has 2 atom stereocenters. The number of anilines is 2. The van der Waals surface area contributed by atoms with Gasteiger partial charge < -0.3 is 10.4 Å². The number of halogens is 2. The predicted octanol–water partition coefficient (Wildman–Crippen LogP) is 6.05. The zero-order valence-electron chi connectivity index (χ0n) is 21.2. The quantitative estimate of drug-likeness (QED) is 0.203. The van der Waals surface area contributed by atoms with Crippen LogP contribution in [-0.4, -0.2) is 28.8 Å². The van der Waals surface area contributed by atoms with E-state index >= 15 is 0 Å². The first-order valence-corrected chi connectivity index (χ1v) is 14.5. The van der Waals surface area contributed by atoms with Gasteiger partial charge in [0.15, 0.2) is 0 Å². The minimum Gasteiger partial charge on any atom is -0.478 e. The van der Waals surface area contributed by atoms with Crippen molar-refractivity contribution in [1.29, 1.82) is 0 Å². The average molecular weight is 672 g/mol. The summed E-state index contributed by atoms with van der Waals surface area (Å²) in [5.74, 6) is -3.64. The molecule has 9 heteroatoms. The lowest BCUT2D eigenvalue weighted by molar-refractivity contribution is -0.122. The van der Waals surface area contributed by atoms with E-state index in [0.29, 0.717) is 11.4 Å². The van der Waals surface area contributed by atoms with Crippen LogP contribution >= 0.6 is 31.9 Å². The van der Waals surface area contributed by atoms with Crippen molar-refractivity contribution in [1.82, 2.24) is 0 Å². The molecule has 3 amide bonds. The third-order valence-corrected chi connectivity index (χ3v) is 11.0. The molecule has 0 spiro atoms. The van der Waals surface area contributed by atoms with Gasteiger partial charge in [0.2, 0.25) is 11.8 Å². The van der Waals surface area contributed by atoms with Crippen molar-refractivity contribution in [2.24, 2.45) is 11.8 Å². The Morgan fingerprint density at radius 2 is 1.17 bits per heavy atom. The van der Waals surface area contributed by atoms with E-state index < -0.39 is 32.4 Å². The number of alkyl halides is 2. The number of imide groups is 1. The summed E-state index contributed by atoms with van der Waals surface area (Å²) in [6, 6.07) is 27.9. The van der Waals surface area contributed by atoms with Crippen LogP contribution in [0.5, 0.6) is 0 Å². The van der Waals surface area contributed by atoms with Gasteiger partial charge in [-0.3, -0.25) is 14.4 Å². The number of aromatic carboxylic acids is 1. The summed E-state index contributed by atoms with van der Waals surface area (Å²) in [6.07, 6.45) is 0. The van der Waals surface area contributed by atoms with E-state index in [9.17, 15) is 19.2 Å². The lowest BCUT2D eigenvalue weighted by atomic mass is 9.54. The molecule has 4 aromatic carbocycles. The molecule has 0 saturated carbocycles. The second kappa shape index (κ2) is 8.96. The second-order valence-electron chi connectivity index (χ2n) is 10.4. The Balaban J connectivity index is 1.28. The van der Waals surface area contributed by atoms with Crippen molar-refractivity contribution < 1.29 is 24.3 Å². The first kappa shape index (κ1) is 25.9. The summed E-state index contributed by atoms with van der Waals surface area (Å²) in [6.45, 7) is 0. The van der Waals surface area contributed by atoms with E-state index in [1.807, 2.05) is 48.5 Å². The highest BCUT2D eigenvalue weighted by atomic mass is 79.9. The van der Waals surface area contributed by atoms with Crippen LogP contribution in [0, 0.1) is 11.8 Å². The number of hydrogen-bond donors (Lipinski definition) is 2. The molecule has 1 fully saturated rings. The maximum absolute atomic E-state index is 14.3. The van der Waals surface area contributed by atoms with Crippen LogP contribution in [0.4, 0.5) is 11.4 Å². The third-order valence-electron chi connectivity index (χ3n) is 8.34. The number of rotatable bonds is 4. The number of nitrogens with zero attached hydrogens (tertiary/aromatic N) is 1. The fourth-order valence-electron chi connectivity index (χ4n) is 6.61. The highest BCUT2D eigenvalue weighted by molar-refractivity contribution is 9.10. The van der Waals surface area contributed by atoms with Gasteiger partial charge in [-0.2, -0.15) is 0 Å². The monoisotopic (exact) mass is 670 g/mol. The van der Waals surface area contributed by atoms with Gasteiger partial charge in [0.05, 0.1) is 31.7 Å². The minimum atomic E-state index is -1.06. The molecule has 0 radical (unpaired) electrons. The van der Waals surface area contributed by atoms with Gasteiger partial charge in [-0.1, -0.05) is 86.5 Å². The van der Waals surface area contributed by atoms with Crippen molar-refractivity contribution in [3.8, 4) is 0 Å². The Labute approximate surface area is 251 Å². The predicted molar refractivity (Wildman–Crippen MR) is 160 cm³/mol. The number of benzene rings is 4. The third kappa shape index (κ3) is 3.42. The molecule has 2 bridgehead atoms. The van der Waals surface area contributed by atoms with Crippen molar-refractivity contribution in [2.75, 3.05) is 10.2 Å².